The molecule has 0 fully saturated rings. The van der Waals surface area contributed by atoms with Gasteiger partial charge in [-0.1, -0.05) is 30.3 Å². The number of benzene rings is 2. The molecule has 1 unspecified atom stereocenters. The number of fused-ring (bicyclic) bond motifs is 1. The second-order valence-electron chi connectivity index (χ2n) is 6.19. The predicted molar refractivity (Wildman–Crippen MR) is 101 cm³/mol. The molecule has 0 aliphatic heterocycles. The lowest BCUT2D eigenvalue weighted by Crippen LogP contribution is -2.47. The second-order valence-corrected chi connectivity index (χ2v) is 7.90. The smallest absolute Gasteiger partial charge is 0.464 e. The molecule has 1 heterocycles. The normalized spacial score (nSPS) is 12.9. The van der Waals surface area contributed by atoms with Crippen molar-refractivity contribution in [3.05, 3.63) is 65.9 Å². The van der Waals surface area contributed by atoms with Gasteiger partial charge in [-0.2, -0.15) is 0 Å². The van der Waals surface area contributed by atoms with Crippen molar-refractivity contribution in [1.29, 1.82) is 0 Å². The van der Waals surface area contributed by atoms with Crippen molar-refractivity contribution >= 4 is 33.9 Å². The molecule has 2 aromatic carbocycles. The lowest BCUT2D eigenvalue weighted by atomic mass is 9.77. The van der Waals surface area contributed by atoms with Gasteiger partial charge < -0.3 is 14.5 Å². The molecule has 0 amide bonds. The molecule has 0 radical (unpaired) electrons. The van der Waals surface area contributed by atoms with Crippen LogP contribution in [0.4, 0.5) is 0 Å². The Hall–Kier alpha value is -2.46. The summed E-state index contributed by atoms with van der Waals surface area (Å²) in [6.07, 6.45) is 1.48. The summed E-state index contributed by atoms with van der Waals surface area (Å²) < 4.78 is 33.0. The summed E-state index contributed by atoms with van der Waals surface area (Å²) in [6.45, 7) is 1.34. The Morgan fingerprint density at radius 1 is 1.19 bits per heavy atom. The van der Waals surface area contributed by atoms with Gasteiger partial charge in [0, 0.05) is 10.9 Å². The minimum atomic E-state index is -4.07. The fraction of sp³-hybridized carbons (Fsp3) is 0.167. The van der Waals surface area contributed by atoms with Crippen LogP contribution in [0.1, 0.15) is 22.8 Å². The number of Topliss-reactive ketones (excluding diaryl/α,β-unsaturated/α-hetero) is 1. The first-order chi connectivity index (χ1) is 12.8. The van der Waals surface area contributed by atoms with Crippen molar-refractivity contribution in [2.24, 2.45) is 0 Å². The van der Waals surface area contributed by atoms with E-state index in [1.54, 1.807) is 18.2 Å². The van der Waals surface area contributed by atoms with E-state index < -0.39 is 23.1 Å². The Labute approximate surface area is 156 Å². The molecular formula is C18H18BNO6S. The van der Waals surface area contributed by atoms with Gasteiger partial charge in [-0.15, -0.1) is 0 Å². The Morgan fingerprint density at radius 2 is 1.93 bits per heavy atom. The molecule has 9 heteroatoms. The summed E-state index contributed by atoms with van der Waals surface area (Å²) in [4.78, 5) is 11.4. The molecule has 0 aliphatic carbocycles. The highest BCUT2D eigenvalue weighted by atomic mass is 32.2. The van der Waals surface area contributed by atoms with Crippen LogP contribution < -0.4 is 4.72 Å². The Bertz CT molecular complexity index is 1080. The van der Waals surface area contributed by atoms with Crippen LogP contribution in [0.25, 0.3) is 11.0 Å². The van der Waals surface area contributed by atoms with E-state index in [-0.39, 0.29) is 22.7 Å². The minimum absolute atomic E-state index is 0.0142. The lowest BCUT2D eigenvalue weighted by Gasteiger charge is -2.17. The fourth-order valence-corrected chi connectivity index (χ4v) is 4.06. The monoisotopic (exact) mass is 387 g/mol. The van der Waals surface area contributed by atoms with E-state index >= 15 is 0 Å². The number of hydrogen-bond acceptors (Lipinski definition) is 6. The summed E-state index contributed by atoms with van der Waals surface area (Å²) in [5.74, 6) is -1.47. The average molecular weight is 387 g/mol. The van der Waals surface area contributed by atoms with Gasteiger partial charge in [-0.25, -0.2) is 13.1 Å². The molecule has 7 nitrogen and oxygen atoms in total. The molecule has 1 aromatic heterocycles. The van der Waals surface area contributed by atoms with Crippen molar-refractivity contribution in [3.63, 3.8) is 0 Å². The van der Waals surface area contributed by atoms with Crippen molar-refractivity contribution in [2.45, 2.75) is 24.2 Å². The first kappa shape index (κ1) is 19.3. The quantitative estimate of drug-likeness (QED) is 0.418. The zero-order valence-corrected chi connectivity index (χ0v) is 15.3. The van der Waals surface area contributed by atoms with E-state index in [1.165, 1.54) is 37.5 Å². The third kappa shape index (κ3) is 4.28. The predicted octanol–water partition coefficient (Wildman–Crippen LogP) is 1.54. The van der Waals surface area contributed by atoms with E-state index in [0.29, 0.717) is 11.1 Å². The zero-order valence-electron chi connectivity index (χ0n) is 14.5. The molecule has 27 heavy (non-hydrogen) atoms. The highest BCUT2D eigenvalue weighted by Crippen LogP contribution is 2.22. The van der Waals surface area contributed by atoms with Crippen LogP contribution in [0.2, 0.25) is 0 Å². The fourth-order valence-electron chi connectivity index (χ4n) is 2.79. The molecule has 1 atom stereocenters. The SMILES string of the molecule is CC(=O)c1cccc(S(=O)(=O)NC(Cc2coc3ccccc23)B(O)O)c1. The van der Waals surface area contributed by atoms with Crippen LogP contribution in [0, 0.1) is 0 Å². The van der Waals surface area contributed by atoms with Crippen molar-refractivity contribution in [1.82, 2.24) is 4.72 Å². The number of rotatable bonds is 7. The number of para-hydroxylation sites is 1. The molecule has 0 aliphatic rings. The number of hydrogen-bond donors (Lipinski definition) is 3. The molecular weight excluding hydrogens is 369 g/mol. The number of nitrogens with one attached hydrogen (secondary N) is 1. The summed E-state index contributed by atoms with van der Waals surface area (Å²) in [7, 11) is -6.00. The molecule has 3 N–H and O–H groups in total. The largest absolute Gasteiger partial charge is 0.471 e. The van der Waals surface area contributed by atoms with Gasteiger partial charge in [0.25, 0.3) is 0 Å². The Kier molecular flexibility index (Phi) is 5.47. The van der Waals surface area contributed by atoms with E-state index in [0.717, 1.165) is 5.39 Å². The highest BCUT2D eigenvalue weighted by Gasteiger charge is 2.30. The Balaban J connectivity index is 1.87. The van der Waals surface area contributed by atoms with Crippen molar-refractivity contribution in [3.8, 4) is 0 Å². The molecule has 0 saturated carbocycles. The van der Waals surface area contributed by atoms with Crippen molar-refractivity contribution in [2.75, 3.05) is 0 Å². The van der Waals surface area contributed by atoms with Gasteiger partial charge in [0.1, 0.15) is 5.58 Å². The van der Waals surface area contributed by atoms with Crippen molar-refractivity contribution < 1.29 is 27.7 Å². The van der Waals surface area contributed by atoms with Gasteiger partial charge >= 0.3 is 7.12 Å². The van der Waals surface area contributed by atoms with E-state index in [2.05, 4.69) is 4.72 Å². The first-order valence-electron chi connectivity index (χ1n) is 8.22. The maximum absolute atomic E-state index is 12.6. The third-order valence-corrected chi connectivity index (χ3v) is 5.71. The minimum Gasteiger partial charge on any atom is -0.464 e. The highest BCUT2D eigenvalue weighted by molar-refractivity contribution is 7.89. The van der Waals surface area contributed by atoms with Gasteiger partial charge in [0.2, 0.25) is 10.0 Å². The maximum atomic E-state index is 12.6. The topological polar surface area (TPSA) is 117 Å². The van der Waals surface area contributed by atoms with Gasteiger partial charge in [-0.05, 0) is 37.1 Å². The Morgan fingerprint density at radius 3 is 2.63 bits per heavy atom. The van der Waals surface area contributed by atoms with E-state index in [9.17, 15) is 23.3 Å². The van der Waals surface area contributed by atoms with Crippen LogP contribution in [0.5, 0.6) is 0 Å². The van der Waals surface area contributed by atoms with Crippen LogP contribution in [0.3, 0.4) is 0 Å². The van der Waals surface area contributed by atoms with E-state index in [1.807, 2.05) is 6.07 Å². The number of furan rings is 1. The standard InChI is InChI=1S/C18H18BNO6S/c1-12(21)13-5-4-6-15(9-13)27(24,25)20-18(19(22)23)10-14-11-26-17-8-3-2-7-16(14)17/h2-9,11,18,20,22-23H,10H2,1H3. The van der Waals surface area contributed by atoms with Gasteiger partial charge in [-0.3, -0.25) is 4.79 Å². The molecule has 0 saturated heterocycles. The lowest BCUT2D eigenvalue weighted by molar-refractivity contribution is 0.101. The number of ketones is 1. The van der Waals surface area contributed by atoms with Crippen LogP contribution in [0.15, 0.2) is 64.1 Å². The number of carbonyl (C=O) groups excluding carboxylic acids is 1. The molecule has 0 spiro atoms. The summed E-state index contributed by atoms with van der Waals surface area (Å²) in [5.41, 5.74) is 1.51. The van der Waals surface area contributed by atoms with E-state index in [4.69, 9.17) is 4.42 Å². The van der Waals surface area contributed by atoms with Crippen LogP contribution in [-0.4, -0.2) is 37.3 Å². The zero-order chi connectivity index (χ0) is 19.6. The van der Waals surface area contributed by atoms with Crippen LogP contribution >= 0.6 is 0 Å². The number of carbonyl (C=O) groups is 1. The maximum Gasteiger partial charge on any atom is 0.471 e. The summed E-state index contributed by atoms with van der Waals surface area (Å²) in [6, 6.07) is 12.7. The first-order valence-corrected chi connectivity index (χ1v) is 9.71. The molecule has 0 bridgehead atoms. The molecule has 3 rings (SSSR count). The molecule has 3 aromatic rings. The number of sulfonamides is 1. The van der Waals surface area contributed by atoms with Gasteiger partial charge in [0.05, 0.1) is 17.1 Å². The summed E-state index contributed by atoms with van der Waals surface area (Å²) in [5, 5.41) is 20.1. The second kappa shape index (κ2) is 7.65. The van der Waals surface area contributed by atoms with Crippen LogP contribution in [-0.2, 0) is 16.4 Å². The summed E-state index contributed by atoms with van der Waals surface area (Å²) >= 11 is 0. The molecule has 140 valence electrons. The third-order valence-electron chi connectivity index (χ3n) is 4.22. The average Bonchev–Trinajstić information content (AvgIpc) is 3.04. The van der Waals surface area contributed by atoms with Gasteiger partial charge in [0.15, 0.2) is 5.78 Å².